The van der Waals surface area contributed by atoms with E-state index in [0.717, 1.165) is 5.56 Å². The Kier molecular flexibility index (Phi) is 3.08. The quantitative estimate of drug-likeness (QED) is 0.700. The van der Waals surface area contributed by atoms with Gasteiger partial charge in [-0.15, -0.1) is 5.10 Å². The molecule has 0 amide bonds. The van der Waals surface area contributed by atoms with Gasteiger partial charge in [-0.3, -0.25) is 4.79 Å². The minimum atomic E-state index is -0.810. The van der Waals surface area contributed by atoms with Gasteiger partial charge in [0.15, 0.2) is 24.8 Å². The Hall–Kier alpha value is -2.83. The van der Waals surface area contributed by atoms with Crippen molar-refractivity contribution in [3.05, 3.63) is 43.0 Å². The number of carboxylic acid groups (broad SMARTS) is 1. The van der Waals surface area contributed by atoms with Crippen molar-refractivity contribution in [2.75, 3.05) is 0 Å². The van der Waals surface area contributed by atoms with Crippen LogP contribution in [0.5, 0.6) is 0 Å². The molecule has 7 nitrogen and oxygen atoms in total. The van der Waals surface area contributed by atoms with Gasteiger partial charge >= 0.3 is 5.97 Å². The highest BCUT2D eigenvalue weighted by Gasteiger charge is 2.09. The van der Waals surface area contributed by atoms with Crippen molar-refractivity contribution in [1.29, 1.82) is 0 Å². The zero-order chi connectivity index (χ0) is 13.9. The molecule has 3 heterocycles. The highest BCUT2D eigenvalue weighted by molar-refractivity contribution is 5.66. The number of hydrogen-bond acceptors (Lipinski definition) is 4. The normalized spacial score (nSPS) is 10.8. The topological polar surface area (TPSA) is 84.3 Å². The number of nitrogens with zero attached hydrogens (tertiary/aromatic N) is 5. The fourth-order valence-corrected chi connectivity index (χ4v) is 1.84. The number of pyridine rings is 1. The predicted octanol–water partition coefficient (Wildman–Crippen LogP) is 0.553. The zero-order valence-corrected chi connectivity index (χ0v) is 10.5. The number of hydrogen-bond donors (Lipinski definition) is 1. The van der Waals surface area contributed by atoms with Gasteiger partial charge in [-0.1, -0.05) is 0 Å². The molecule has 0 saturated carbocycles. The number of aromatic nitrogens is 5. The van der Waals surface area contributed by atoms with Crippen LogP contribution in [0.15, 0.2) is 43.0 Å². The van der Waals surface area contributed by atoms with Gasteiger partial charge in [0.1, 0.15) is 6.42 Å². The molecular formula is C13H12N5O2+. The summed E-state index contributed by atoms with van der Waals surface area (Å²) < 4.78 is 3.42. The molecule has 3 aromatic rings. The molecule has 0 aliphatic carbocycles. The SMILES string of the molecule is O=C(O)CC[n+]1ccc(-c2nc3ncccn3n2)cc1. The van der Waals surface area contributed by atoms with E-state index >= 15 is 0 Å². The van der Waals surface area contributed by atoms with Crippen LogP contribution >= 0.6 is 0 Å². The molecule has 0 spiro atoms. The smallest absolute Gasteiger partial charge is 0.309 e. The van der Waals surface area contributed by atoms with E-state index < -0.39 is 5.97 Å². The molecule has 0 aromatic carbocycles. The summed E-state index contributed by atoms with van der Waals surface area (Å²) in [4.78, 5) is 19.0. The molecule has 7 heteroatoms. The van der Waals surface area contributed by atoms with Crippen molar-refractivity contribution < 1.29 is 14.5 Å². The molecule has 20 heavy (non-hydrogen) atoms. The van der Waals surface area contributed by atoms with Crippen LogP contribution in [-0.2, 0) is 11.3 Å². The van der Waals surface area contributed by atoms with Gasteiger partial charge in [0.05, 0.1) is 0 Å². The maximum absolute atomic E-state index is 10.5. The Bertz CT molecular complexity index is 718. The van der Waals surface area contributed by atoms with Crippen molar-refractivity contribution >= 4 is 11.7 Å². The van der Waals surface area contributed by atoms with Crippen molar-refractivity contribution in [1.82, 2.24) is 19.6 Å². The van der Waals surface area contributed by atoms with E-state index in [2.05, 4.69) is 15.1 Å². The average Bonchev–Trinajstić information content (AvgIpc) is 2.89. The van der Waals surface area contributed by atoms with Crippen molar-refractivity contribution in [2.24, 2.45) is 0 Å². The molecule has 0 fully saturated rings. The third-order valence-electron chi connectivity index (χ3n) is 2.85. The molecular weight excluding hydrogens is 258 g/mol. The third kappa shape index (κ3) is 2.46. The van der Waals surface area contributed by atoms with Gasteiger partial charge < -0.3 is 5.11 Å². The number of fused-ring (bicyclic) bond motifs is 1. The second-order valence-electron chi connectivity index (χ2n) is 4.27. The minimum absolute atomic E-state index is 0.0978. The molecule has 0 saturated heterocycles. The highest BCUT2D eigenvalue weighted by Crippen LogP contribution is 2.13. The maximum Gasteiger partial charge on any atom is 0.309 e. The lowest BCUT2D eigenvalue weighted by Crippen LogP contribution is -2.33. The Labute approximate surface area is 114 Å². The summed E-state index contributed by atoms with van der Waals surface area (Å²) in [5.41, 5.74) is 0.863. The molecule has 3 rings (SSSR count). The third-order valence-corrected chi connectivity index (χ3v) is 2.85. The van der Waals surface area contributed by atoms with Gasteiger partial charge in [0.25, 0.3) is 5.78 Å². The van der Waals surface area contributed by atoms with Crippen LogP contribution in [0.1, 0.15) is 6.42 Å². The zero-order valence-electron chi connectivity index (χ0n) is 10.5. The van der Waals surface area contributed by atoms with Crippen molar-refractivity contribution in [3.8, 4) is 11.4 Å². The van der Waals surface area contributed by atoms with Gasteiger partial charge in [0.2, 0.25) is 0 Å². The minimum Gasteiger partial charge on any atom is -0.481 e. The van der Waals surface area contributed by atoms with Crippen molar-refractivity contribution in [3.63, 3.8) is 0 Å². The van der Waals surface area contributed by atoms with Crippen LogP contribution < -0.4 is 4.57 Å². The fourth-order valence-electron chi connectivity index (χ4n) is 1.84. The maximum atomic E-state index is 10.5. The van der Waals surface area contributed by atoms with Gasteiger partial charge in [0, 0.05) is 30.1 Å². The van der Waals surface area contributed by atoms with Crippen LogP contribution in [0.4, 0.5) is 0 Å². The molecule has 3 aromatic heterocycles. The number of aryl methyl sites for hydroxylation is 1. The van der Waals surface area contributed by atoms with Crippen LogP contribution in [0.3, 0.4) is 0 Å². The Morgan fingerprint density at radius 1 is 1.35 bits per heavy atom. The lowest BCUT2D eigenvalue weighted by atomic mass is 10.2. The van der Waals surface area contributed by atoms with Crippen LogP contribution in [0, 0.1) is 0 Å². The molecule has 0 bridgehead atoms. The first-order valence-corrected chi connectivity index (χ1v) is 6.11. The Morgan fingerprint density at radius 2 is 2.15 bits per heavy atom. The number of aliphatic carboxylic acids is 1. The molecule has 0 unspecified atom stereocenters. The standard InChI is InChI=1S/C13H11N5O2/c19-11(20)4-9-17-7-2-10(3-8-17)12-15-13-14-5-1-6-18(13)16-12/h1-3,5-8H,4,9H2/p+1. The molecule has 0 aliphatic heterocycles. The van der Waals surface area contributed by atoms with E-state index in [1.807, 2.05) is 29.1 Å². The molecule has 0 radical (unpaired) electrons. The predicted molar refractivity (Wildman–Crippen MR) is 68.7 cm³/mol. The van der Waals surface area contributed by atoms with Crippen molar-refractivity contribution in [2.45, 2.75) is 13.0 Å². The van der Waals surface area contributed by atoms with E-state index in [9.17, 15) is 4.79 Å². The van der Waals surface area contributed by atoms with E-state index in [1.165, 1.54) is 0 Å². The van der Waals surface area contributed by atoms with Gasteiger partial charge in [-0.05, 0) is 6.07 Å². The summed E-state index contributed by atoms with van der Waals surface area (Å²) in [6, 6.07) is 5.50. The molecule has 1 N–H and O–H groups in total. The summed E-state index contributed by atoms with van der Waals surface area (Å²) in [5.74, 6) is 0.328. The molecule has 0 aliphatic rings. The first-order valence-electron chi connectivity index (χ1n) is 6.11. The van der Waals surface area contributed by atoms with Crippen LogP contribution in [0.25, 0.3) is 17.2 Å². The summed E-state index contributed by atoms with van der Waals surface area (Å²) in [6.07, 6.45) is 7.18. The first kappa shape index (κ1) is 12.2. The summed E-state index contributed by atoms with van der Waals surface area (Å²) in [7, 11) is 0. The van der Waals surface area contributed by atoms with E-state index in [-0.39, 0.29) is 6.42 Å². The Morgan fingerprint density at radius 3 is 2.85 bits per heavy atom. The number of carboxylic acids is 1. The Balaban J connectivity index is 1.85. The first-order chi connectivity index (χ1) is 9.72. The highest BCUT2D eigenvalue weighted by atomic mass is 16.4. The number of carbonyl (C=O) groups is 1. The number of rotatable bonds is 4. The lowest BCUT2D eigenvalue weighted by Gasteiger charge is -1.95. The fraction of sp³-hybridized carbons (Fsp3) is 0.154. The second kappa shape index (κ2) is 5.04. The second-order valence-corrected chi connectivity index (χ2v) is 4.27. The summed E-state index contributed by atoms with van der Waals surface area (Å²) in [6.45, 7) is 0.440. The van der Waals surface area contributed by atoms with E-state index in [1.54, 1.807) is 23.0 Å². The summed E-state index contributed by atoms with van der Waals surface area (Å²) >= 11 is 0. The van der Waals surface area contributed by atoms with Crippen LogP contribution in [0.2, 0.25) is 0 Å². The molecule has 100 valence electrons. The molecule has 0 atom stereocenters. The van der Waals surface area contributed by atoms with E-state index in [4.69, 9.17) is 5.11 Å². The van der Waals surface area contributed by atoms with Gasteiger partial charge in [-0.25, -0.2) is 14.1 Å². The van der Waals surface area contributed by atoms with E-state index in [0.29, 0.717) is 18.1 Å². The largest absolute Gasteiger partial charge is 0.481 e. The lowest BCUT2D eigenvalue weighted by molar-refractivity contribution is -0.695. The monoisotopic (exact) mass is 270 g/mol. The van der Waals surface area contributed by atoms with Gasteiger partial charge in [-0.2, -0.15) is 4.98 Å². The summed E-state index contributed by atoms with van der Waals surface area (Å²) in [5, 5.41) is 13.0. The average molecular weight is 270 g/mol. The van der Waals surface area contributed by atoms with Crippen LogP contribution in [-0.4, -0.2) is 30.7 Å².